The van der Waals surface area contributed by atoms with E-state index in [0.717, 1.165) is 6.92 Å². The normalized spacial score (nSPS) is 20.5. The van der Waals surface area contributed by atoms with E-state index in [1.165, 1.54) is 36.0 Å². The average Bonchev–Trinajstić information content (AvgIpc) is 3.46. The van der Waals surface area contributed by atoms with Crippen molar-refractivity contribution in [2.24, 2.45) is 29.4 Å². The van der Waals surface area contributed by atoms with Gasteiger partial charge in [-0.1, -0.05) is 62.7 Å². The lowest BCUT2D eigenvalue weighted by Crippen LogP contribution is -2.58. The first kappa shape index (κ1) is 70.0. The number of phenols is 1. The Morgan fingerprint density at radius 2 is 1.49 bits per heavy atom. The Labute approximate surface area is 486 Å². The van der Waals surface area contributed by atoms with Gasteiger partial charge in [0.25, 0.3) is 0 Å². The first-order valence-electron chi connectivity index (χ1n) is 27.1. The molecular formula is C56H80N6O18S2. The summed E-state index contributed by atoms with van der Waals surface area (Å²) in [4.78, 5) is 150. The predicted octanol–water partition coefficient (Wildman–Crippen LogP) is 0.171. The molecule has 0 radical (unpaired) electrons. The number of cyclic esters (lactones) is 1. The number of hydrogen-bond donors (Lipinski definition) is 11. The van der Waals surface area contributed by atoms with Crippen molar-refractivity contribution in [2.75, 3.05) is 57.4 Å². The third-order valence-electron chi connectivity index (χ3n) is 13.7. The number of aromatic hydroxyl groups is 1. The van der Waals surface area contributed by atoms with Gasteiger partial charge in [0.2, 0.25) is 29.5 Å². The van der Waals surface area contributed by atoms with E-state index in [0.29, 0.717) is 29.7 Å². The molecule has 1 heterocycles. The van der Waals surface area contributed by atoms with E-state index in [1.807, 2.05) is 0 Å². The Kier molecular flexibility index (Phi) is 31.6. The molecule has 0 saturated carbocycles. The highest BCUT2D eigenvalue weighted by atomic mass is 32.2. The minimum Gasteiger partial charge on any atom is -0.508 e. The Hall–Kier alpha value is -6.29. The fraction of sp³-hybridized carbons (Fsp3) is 0.589. The topological polar surface area (TPSA) is 383 Å². The number of carbonyl (C=O) groups excluding carboxylic acids is 10. The molecule has 82 heavy (non-hydrogen) atoms. The maximum absolute atomic E-state index is 14.3. The van der Waals surface area contributed by atoms with Gasteiger partial charge in [0.05, 0.1) is 68.2 Å². The van der Waals surface area contributed by atoms with Crippen molar-refractivity contribution in [1.29, 1.82) is 0 Å². The number of benzene rings is 2. The van der Waals surface area contributed by atoms with Crippen molar-refractivity contribution in [1.82, 2.24) is 26.6 Å². The van der Waals surface area contributed by atoms with Gasteiger partial charge in [-0.25, -0.2) is 0 Å². The van der Waals surface area contributed by atoms with E-state index in [2.05, 4.69) is 39.2 Å². The van der Waals surface area contributed by atoms with Crippen LogP contribution in [0, 0.1) is 23.7 Å². The van der Waals surface area contributed by atoms with Gasteiger partial charge in [0, 0.05) is 44.5 Å². The minimum absolute atomic E-state index is 0.0276. The van der Waals surface area contributed by atoms with Crippen LogP contribution in [-0.2, 0) is 79.8 Å². The Balaban J connectivity index is 1.89. The van der Waals surface area contributed by atoms with Crippen LogP contribution < -0.4 is 32.3 Å². The number of aliphatic carboxylic acids is 1. The number of esters is 1. The molecule has 3 rings (SSSR count). The number of aliphatic hydroxyl groups is 2. The molecule has 2 unspecified atom stereocenters. The molecule has 1 fully saturated rings. The zero-order valence-corrected chi connectivity index (χ0v) is 48.4. The van der Waals surface area contributed by atoms with Gasteiger partial charge in [-0.15, -0.1) is 0 Å². The van der Waals surface area contributed by atoms with E-state index in [9.17, 15) is 73.2 Å². The summed E-state index contributed by atoms with van der Waals surface area (Å²) in [6, 6.07) is 5.89. The summed E-state index contributed by atoms with van der Waals surface area (Å²) in [6.07, 6.45) is -2.12. The number of aliphatic hydroxyl groups excluding tert-OH is 2. The monoisotopic (exact) mass is 1190 g/mol. The molecule has 0 bridgehead atoms. The third-order valence-corrected chi connectivity index (χ3v) is 14.7. The van der Waals surface area contributed by atoms with Crippen molar-refractivity contribution in [2.45, 2.75) is 127 Å². The third kappa shape index (κ3) is 24.7. The van der Waals surface area contributed by atoms with Crippen molar-refractivity contribution in [3.8, 4) is 5.75 Å². The van der Waals surface area contributed by atoms with Crippen LogP contribution >= 0.6 is 24.4 Å². The summed E-state index contributed by atoms with van der Waals surface area (Å²) in [6.45, 7) is 2.56. The quantitative estimate of drug-likeness (QED) is 0.0258. The van der Waals surface area contributed by atoms with Gasteiger partial charge >= 0.3 is 11.9 Å². The molecule has 1 saturated heterocycles. The molecule has 1 aliphatic heterocycles. The number of Topliss-reactive ketones (excluding diaryl/α,β-unsaturated/α-hetero) is 4. The van der Waals surface area contributed by atoms with Gasteiger partial charge in [-0.3, -0.25) is 52.7 Å². The molecule has 0 spiro atoms. The number of nitrogens with two attached hydrogens (primary N) is 1. The van der Waals surface area contributed by atoms with Crippen LogP contribution in [-0.4, -0.2) is 185 Å². The molecule has 11 atom stereocenters. The van der Waals surface area contributed by atoms with Crippen LogP contribution in [0.15, 0.2) is 54.6 Å². The van der Waals surface area contributed by atoms with Gasteiger partial charge in [0.1, 0.15) is 42.9 Å². The highest BCUT2D eigenvalue weighted by molar-refractivity contribution is 7.98. The second-order valence-corrected chi connectivity index (χ2v) is 21.6. The lowest BCUT2D eigenvalue weighted by atomic mass is 9.88. The van der Waals surface area contributed by atoms with Crippen LogP contribution in [0.2, 0.25) is 0 Å². The van der Waals surface area contributed by atoms with Gasteiger partial charge in [-0.2, -0.15) is 24.4 Å². The highest BCUT2D eigenvalue weighted by Gasteiger charge is 2.39. The Morgan fingerprint density at radius 3 is 2.11 bits per heavy atom. The summed E-state index contributed by atoms with van der Waals surface area (Å²) in [5.74, 6) is -14.3. The van der Waals surface area contributed by atoms with E-state index >= 15 is 0 Å². The molecule has 454 valence electrons. The maximum Gasteiger partial charge on any atom is 0.309 e. The molecule has 2 aromatic carbocycles. The van der Waals surface area contributed by atoms with Crippen molar-refractivity contribution < 1.29 is 87.4 Å². The number of nitrogens with one attached hydrogen (secondary N) is 5. The summed E-state index contributed by atoms with van der Waals surface area (Å²) in [5, 5.41) is 53.6. The van der Waals surface area contributed by atoms with Gasteiger partial charge in [-0.05, 0) is 67.4 Å². The first-order chi connectivity index (χ1) is 39.0. The van der Waals surface area contributed by atoms with Crippen LogP contribution in [0.1, 0.15) is 83.3 Å². The average molecular weight is 1190 g/mol. The van der Waals surface area contributed by atoms with Crippen molar-refractivity contribution in [3.63, 3.8) is 0 Å². The second-order valence-electron chi connectivity index (χ2n) is 20.2. The number of carboxylic acid groups (broad SMARTS) is 1. The fourth-order valence-corrected chi connectivity index (χ4v) is 9.33. The lowest BCUT2D eigenvalue weighted by Gasteiger charge is -2.29. The molecule has 26 heteroatoms. The number of thiol groups is 1. The summed E-state index contributed by atoms with van der Waals surface area (Å²) >= 11 is 5.38. The van der Waals surface area contributed by atoms with E-state index in [1.54, 1.807) is 50.4 Å². The highest BCUT2D eigenvalue weighted by Crippen LogP contribution is 2.22. The van der Waals surface area contributed by atoms with Crippen LogP contribution in [0.4, 0.5) is 0 Å². The van der Waals surface area contributed by atoms with Crippen molar-refractivity contribution in [3.05, 3.63) is 65.7 Å². The van der Waals surface area contributed by atoms with Crippen LogP contribution in [0.25, 0.3) is 0 Å². The number of carbonyl (C=O) groups is 11. The fourth-order valence-electron chi connectivity index (χ4n) is 8.60. The molecule has 2 aromatic rings. The number of phenolic OH excluding ortho intramolecular Hbond substituents is 1. The van der Waals surface area contributed by atoms with Crippen LogP contribution in [0.5, 0.6) is 5.75 Å². The maximum atomic E-state index is 14.3. The van der Waals surface area contributed by atoms with E-state index in [-0.39, 0.29) is 62.8 Å². The molecular weight excluding hydrogens is 1110 g/mol. The van der Waals surface area contributed by atoms with E-state index < -0.39 is 170 Å². The number of rotatable bonds is 33. The number of ether oxygens (including phenoxy) is 3. The summed E-state index contributed by atoms with van der Waals surface area (Å²) in [5.41, 5.74) is 6.73. The number of carboxylic acids is 1. The molecule has 1 aliphatic rings. The van der Waals surface area contributed by atoms with Crippen LogP contribution in [0.3, 0.4) is 0 Å². The Bertz CT molecular complexity index is 2450. The smallest absolute Gasteiger partial charge is 0.309 e. The molecule has 5 amide bonds. The minimum atomic E-state index is -1.90. The predicted molar refractivity (Wildman–Crippen MR) is 303 cm³/mol. The summed E-state index contributed by atoms with van der Waals surface area (Å²) in [7, 11) is 0. The number of thioether (sulfide) groups is 1. The number of ketones is 4. The standard InChI is InChI=1S/C56H80N6O18S2/c1-5-32(2)50-46(68)24-36(17-21-82-4)56(77)80-29-38(53(74)59-43(27-49(71)72)54(75)60-42(55(76)61-50)23-34-10-7-6-8-11-34)26-47(69)51(33(3)64)62-52(73)37(28-63)25-45(67)41(22-35-13-15-39(65)16-14-35)58-48(70)30-79-20-19-78-18-9-12-44(66)40(57)31-81/h6-8,10-11,13-16,32-33,36-38,40-43,50-51,63-65,81H,5,9,12,17-31,57H2,1-4H3,(H,58,70)(H,59,74)(H,60,75)(H,61,76)(H,62,73)(H,71,72)/t32?,33?,36-,37+,38+,40+,41+,42+,43+,50+,51+/m1/s1. The number of amides is 5. The lowest BCUT2D eigenvalue weighted by molar-refractivity contribution is -0.154. The number of hydrogen-bond acceptors (Lipinski definition) is 20. The molecule has 24 nitrogen and oxygen atoms in total. The SMILES string of the molecule is CCC(C)[C@@H]1NC(=O)[C@H](Cc2ccccc2)NC(=O)[C@H](CC(=O)O)NC(=O)[C@@H](CC(=O)[C@@H](NC(=O)[C@H](CO)CC(=O)[C@H](Cc2ccc(O)cc2)NC(=O)COCCOCCCC(=O)[C@@H](N)CS)C(C)O)COC(=O)[C@H](CCSC)CC1=O. The zero-order chi connectivity index (χ0) is 60.9. The molecule has 0 aromatic heterocycles. The largest absolute Gasteiger partial charge is 0.508 e. The summed E-state index contributed by atoms with van der Waals surface area (Å²) < 4.78 is 16.5. The van der Waals surface area contributed by atoms with Gasteiger partial charge < -0.3 is 67.0 Å². The van der Waals surface area contributed by atoms with Crippen molar-refractivity contribution >= 4 is 89.0 Å². The Morgan fingerprint density at radius 1 is 0.829 bits per heavy atom. The zero-order valence-electron chi connectivity index (χ0n) is 46.7. The second kappa shape index (κ2) is 37.0. The first-order valence-corrected chi connectivity index (χ1v) is 29.2. The molecule has 0 aliphatic carbocycles. The molecule has 11 N–H and O–H groups in total. The van der Waals surface area contributed by atoms with E-state index in [4.69, 9.17) is 19.9 Å². The van der Waals surface area contributed by atoms with Gasteiger partial charge in [0.15, 0.2) is 17.3 Å².